The van der Waals surface area contributed by atoms with Crippen LogP contribution in [0.4, 0.5) is 4.39 Å². The van der Waals surface area contributed by atoms with Crippen LogP contribution >= 0.6 is 11.8 Å². The molecule has 2 heterocycles. The smallest absolute Gasteiger partial charge is 0.0937 e. The molecule has 0 aromatic carbocycles. The van der Waals surface area contributed by atoms with Crippen molar-refractivity contribution >= 4 is 11.8 Å². The van der Waals surface area contributed by atoms with Crippen LogP contribution in [0.3, 0.4) is 0 Å². The SMILES string of the molecule is FCC1CCSC12CNC2. The Hall–Kier alpha value is 0.240. The van der Waals surface area contributed by atoms with E-state index in [2.05, 4.69) is 5.32 Å². The summed E-state index contributed by atoms with van der Waals surface area (Å²) in [6.45, 7) is 1.95. The Balaban J connectivity index is 2.05. The molecule has 2 saturated heterocycles. The Kier molecular flexibility index (Phi) is 1.65. The van der Waals surface area contributed by atoms with Gasteiger partial charge in [-0.25, -0.2) is 0 Å². The van der Waals surface area contributed by atoms with Gasteiger partial charge in [-0.3, -0.25) is 4.39 Å². The van der Waals surface area contributed by atoms with E-state index in [1.54, 1.807) is 0 Å². The van der Waals surface area contributed by atoms with E-state index in [4.69, 9.17) is 0 Å². The summed E-state index contributed by atoms with van der Waals surface area (Å²) in [5.74, 6) is 1.51. The molecule has 1 nitrogen and oxygen atoms in total. The highest BCUT2D eigenvalue weighted by Gasteiger charge is 2.47. The van der Waals surface area contributed by atoms with E-state index in [9.17, 15) is 4.39 Å². The lowest BCUT2D eigenvalue weighted by Gasteiger charge is -2.42. The third kappa shape index (κ3) is 0.800. The highest BCUT2D eigenvalue weighted by molar-refractivity contribution is 8.01. The highest BCUT2D eigenvalue weighted by Crippen LogP contribution is 2.45. The summed E-state index contributed by atoms with van der Waals surface area (Å²) in [7, 11) is 0. The van der Waals surface area contributed by atoms with Gasteiger partial charge in [0.15, 0.2) is 0 Å². The predicted octanol–water partition coefficient (Wildman–Crippen LogP) is 1.05. The summed E-state index contributed by atoms with van der Waals surface area (Å²) >= 11 is 1.96. The van der Waals surface area contributed by atoms with Gasteiger partial charge in [0, 0.05) is 23.8 Å². The van der Waals surface area contributed by atoms with Crippen LogP contribution in [0.1, 0.15) is 6.42 Å². The predicted molar refractivity (Wildman–Crippen MR) is 42.1 cm³/mol. The van der Waals surface area contributed by atoms with Gasteiger partial charge in [-0.15, -0.1) is 0 Å². The second-order valence-electron chi connectivity index (χ2n) is 3.16. The van der Waals surface area contributed by atoms with Crippen LogP contribution in [0.15, 0.2) is 0 Å². The maximum atomic E-state index is 12.4. The minimum Gasteiger partial charge on any atom is -0.314 e. The minimum atomic E-state index is -0.116. The Labute approximate surface area is 64.8 Å². The summed E-state index contributed by atoms with van der Waals surface area (Å²) in [5, 5.41) is 3.22. The van der Waals surface area contributed by atoms with Crippen LogP contribution in [-0.2, 0) is 0 Å². The van der Waals surface area contributed by atoms with Gasteiger partial charge in [0.25, 0.3) is 0 Å². The van der Waals surface area contributed by atoms with Crippen LogP contribution in [0, 0.1) is 5.92 Å². The lowest BCUT2D eigenvalue weighted by Crippen LogP contribution is -2.59. The van der Waals surface area contributed by atoms with Crippen LogP contribution < -0.4 is 5.32 Å². The molecule has 0 amide bonds. The Morgan fingerprint density at radius 1 is 1.60 bits per heavy atom. The molecule has 2 aliphatic heterocycles. The first-order chi connectivity index (χ1) is 4.87. The normalized spacial score (nSPS) is 36.3. The van der Waals surface area contributed by atoms with Crippen molar-refractivity contribution in [2.75, 3.05) is 25.5 Å². The molecule has 0 aromatic heterocycles. The Morgan fingerprint density at radius 2 is 2.40 bits per heavy atom. The summed E-state index contributed by atoms with van der Waals surface area (Å²) in [6, 6.07) is 0. The van der Waals surface area contributed by atoms with E-state index < -0.39 is 0 Å². The molecule has 3 heteroatoms. The van der Waals surface area contributed by atoms with Crippen molar-refractivity contribution in [1.29, 1.82) is 0 Å². The first-order valence-electron chi connectivity index (χ1n) is 3.78. The zero-order chi connectivity index (χ0) is 7.03. The second kappa shape index (κ2) is 2.38. The van der Waals surface area contributed by atoms with Crippen molar-refractivity contribution in [3.05, 3.63) is 0 Å². The maximum Gasteiger partial charge on any atom is 0.0937 e. The maximum absolute atomic E-state index is 12.4. The molecule has 0 bridgehead atoms. The number of hydrogen-bond acceptors (Lipinski definition) is 2. The molecule has 2 fully saturated rings. The van der Waals surface area contributed by atoms with Crippen molar-refractivity contribution in [2.45, 2.75) is 11.2 Å². The molecule has 2 aliphatic rings. The Bertz CT molecular complexity index is 136. The molecular formula is C7H12FNS. The van der Waals surface area contributed by atoms with Gasteiger partial charge >= 0.3 is 0 Å². The largest absolute Gasteiger partial charge is 0.314 e. The van der Waals surface area contributed by atoms with Gasteiger partial charge in [-0.2, -0.15) is 11.8 Å². The van der Waals surface area contributed by atoms with E-state index in [-0.39, 0.29) is 6.67 Å². The third-order valence-electron chi connectivity index (χ3n) is 2.63. The van der Waals surface area contributed by atoms with E-state index in [1.807, 2.05) is 11.8 Å². The molecule has 2 rings (SSSR count). The monoisotopic (exact) mass is 161 g/mol. The fourth-order valence-corrected chi connectivity index (χ4v) is 3.40. The van der Waals surface area contributed by atoms with Crippen molar-refractivity contribution in [3.63, 3.8) is 0 Å². The average Bonchev–Trinajstić information content (AvgIpc) is 2.27. The summed E-state index contributed by atoms with van der Waals surface area (Å²) in [6.07, 6.45) is 1.09. The van der Waals surface area contributed by atoms with Gasteiger partial charge in [0.2, 0.25) is 0 Å². The van der Waals surface area contributed by atoms with E-state index >= 15 is 0 Å². The van der Waals surface area contributed by atoms with Crippen LogP contribution in [-0.4, -0.2) is 30.3 Å². The van der Waals surface area contributed by atoms with Gasteiger partial charge in [-0.05, 0) is 12.2 Å². The lowest BCUT2D eigenvalue weighted by molar-refractivity contribution is 0.235. The molecule has 0 aromatic rings. The quantitative estimate of drug-likeness (QED) is 0.617. The minimum absolute atomic E-state index is 0.116. The molecule has 10 heavy (non-hydrogen) atoms. The first-order valence-corrected chi connectivity index (χ1v) is 4.77. The van der Waals surface area contributed by atoms with Gasteiger partial charge < -0.3 is 5.32 Å². The molecule has 1 spiro atoms. The number of thioether (sulfide) groups is 1. The Morgan fingerprint density at radius 3 is 2.80 bits per heavy atom. The molecule has 1 unspecified atom stereocenters. The molecule has 0 saturated carbocycles. The number of hydrogen-bond donors (Lipinski definition) is 1. The molecule has 1 atom stereocenters. The number of halogens is 1. The van der Waals surface area contributed by atoms with Gasteiger partial charge in [-0.1, -0.05) is 0 Å². The number of alkyl halides is 1. The fraction of sp³-hybridized carbons (Fsp3) is 1.00. The topological polar surface area (TPSA) is 12.0 Å². The first kappa shape index (κ1) is 6.92. The standard InChI is InChI=1S/C7H12FNS/c8-3-6-1-2-10-7(6)4-9-5-7/h6,9H,1-5H2. The van der Waals surface area contributed by atoms with E-state index in [0.29, 0.717) is 10.7 Å². The van der Waals surface area contributed by atoms with Crippen LogP contribution in [0.2, 0.25) is 0 Å². The lowest BCUT2D eigenvalue weighted by atomic mass is 9.86. The van der Waals surface area contributed by atoms with E-state index in [1.165, 1.54) is 0 Å². The van der Waals surface area contributed by atoms with Crippen molar-refractivity contribution in [2.24, 2.45) is 5.92 Å². The van der Waals surface area contributed by atoms with Gasteiger partial charge in [0.1, 0.15) is 0 Å². The highest BCUT2D eigenvalue weighted by atomic mass is 32.2. The zero-order valence-electron chi connectivity index (χ0n) is 5.90. The molecule has 1 N–H and O–H groups in total. The fourth-order valence-electron chi connectivity index (χ4n) is 1.77. The molecular weight excluding hydrogens is 149 g/mol. The summed E-state index contributed by atoms with van der Waals surface area (Å²) in [5.41, 5.74) is 0. The zero-order valence-corrected chi connectivity index (χ0v) is 6.72. The second-order valence-corrected chi connectivity index (χ2v) is 4.67. The van der Waals surface area contributed by atoms with Crippen molar-refractivity contribution in [3.8, 4) is 0 Å². The summed E-state index contributed by atoms with van der Waals surface area (Å²) in [4.78, 5) is 0. The number of rotatable bonds is 1. The molecule has 58 valence electrons. The van der Waals surface area contributed by atoms with Crippen molar-refractivity contribution in [1.82, 2.24) is 5.32 Å². The third-order valence-corrected chi connectivity index (χ3v) is 4.27. The van der Waals surface area contributed by atoms with Crippen LogP contribution in [0.5, 0.6) is 0 Å². The summed E-state index contributed by atoms with van der Waals surface area (Å²) < 4.78 is 12.7. The van der Waals surface area contributed by atoms with Crippen LogP contribution in [0.25, 0.3) is 0 Å². The average molecular weight is 161 g/mol. The van der Waals surface area contributed by atoms with Gasteiger partial charge in [0.05, 0.1) is 6.67 Å². The molecule has 0 radical (unpaired) electrons. The van der Waals surface area contributed by atoms with Crippen molar-refractivity contribution < 1.29 is 4.39 Å². The van der Waals surface area contributed by atoms with E-state index in [0.717, 1.165) is 25.3 Å². The molecule has 0 aliphatic carbocycles. The number of nitrogens with one attached hydrogen (secondary N) is 1.